The molecule has 11 nitrogen and oxygen atoms in total. The second-order valence-corrected chi connectivity index (χ2v) is 8.22. The van der Waals surface area contributed by atoms with Gasteiger partial charge in [0.05, 0.1) is 28.5 Å². The van der Waals surface area contributed by atoms with Crippen molar-refractivity contribution < 1.29 is 24.0 Å². The number of hydrogen-bond acceptors (Lipinski definition) is 8. The molecule has 1 spiro atoms. The Labute approximate surface area is 199 Å². The predicted octanol–water partition coefficient (Wildman–Crippen LogP) is 2.76. The van der Waals surface area contributed by atoms with Crippen LogP contribution in [0.5, 0.6) is 5.88 Å². The number of carbonyl (C=O) groups is 2. The van der Waals surface area contributed by atoms with Crippen LogP contribution in [0.2, 0.25) is 0 Å². The van der Waals surface area contributed by atoms with E-state index in [9.17, 15) is 19.7 Å². The molecule has 2 aliphatic heterocycles. The Balaban J connectivity index is 1.92. The third-order valence-electron chi connectivity index (χ3n) is 6.22. The number of esters is 1. The highest BCUT2D eigenvalue weighted by Gasteiger charge is 2.61. The van der Waals surface area contributed by atoms with E-state index in [1.54, 1.807) is 32.9 Å². The molecular weight excluding hydrogens is 454 g/mol. The van der Waals surface area contributed by atoms with Crippen LogP contribution in [-0.4, -0.2) is 33.2 Å². The lowest BCUT2D eigenvalue weighted by Gasteiger charge is -2.34. The zero-order valence-corrected chi connectivity index (χ0v) is 19.1. The summed E-state index contributed by atoms with van der Waals surface area (Å²) < 4.78 is 12.7. The molecule has 2 aliphatic rings. The van der Waals surface area contributed by atoms with Crippen molar-refractivity contribution in [2.75, 3.05) is 11.9 Å². The highest BCUT2D eigenvalue weighted by Crippen LogP contribution is 2.56. The molecule has 178 valence electrons. The number of carbonyl (C=O) groups excluding carboxylic acids is 2. The Bertz CT molecular complexity index is 1460. The van der Waals surface area contributed by atoms with E-state index in [2.05, 4.69) is 10.4 Å². The van der Waals surface area contributed by atoms with Gasteiger partial charge in [-0.05, 0) is 38.5 Å². The number of aryl methyl sites for hydroxylation is 2. The van der Waals surface area contributed by atoms with E-state index >= 15 is 0 Å². The van der Waals surface area contributed by atoms with Gasteiger partial charge in [0.15, 0.2) is 0 Å². The Morgan fingerprint density at radius 1 is 1.29 bits per heavy atom. The van der Waals surface area contributed by atoms with Crippen molar-refractivity contribution >= 4 is 23.3 Å². The van der Waals surface area contributed by atoms with Crippen LogP contribution in [0.25, 0.3) is 5.69 Å². The van der Waals surface area contributed by atoms with Gasteiger partial charge in [-0.15, -0.1) is 0 Å². The molecule has 11 heteroatoms. The molecule has 3 heterocycles. The molecule has 0 saturated heterocycles. The molecule has 1 amide bonds. The molecule has 3 aromatic rings. The number of anilines is 1. The molecule has 0 aliphatic carbocycles. The molecule has 0 bridgehead atoms. The number of nitro benzene ring substituents is 1. The van der Waals surface area contributed by atoms with Gasteiger partial charge in [0.1, 0.15) is 11.0 Å². The van der Waals surface area contributed by atoms with Gasteiger partial charge in [0, 0.05) is 23.4 Å². The summed E-state index contributed by atoms with van der Waals surface area (Å²) in [6.07, 6.45) is 0. The molecule has 1 aromatic heterocycles. The summed E-state index contributed by atoms with van der Waals surface area (Å²) >= 11 is 0. The number of amides is 1. The molecule has 3 N–H and O–H groups in total. The molecule has 5 rings (SSSR count). The summed E-state index contributed by atoms with van der Waals surface area (Å²) in [4.78, 5) is 38.3. The molecule has 0 unspecified atom stereocenters. The van der Waals surface area contributed by atoms with Gasteiger partial charge in [0.25, 0.3) is 5.69 Å². The maximum absolute atomic E-state index is 13.9. The standard InChI is InChI=1S/C24H21N5O6/c1-4-34-22(30)18-20(25)35-21-17(13(3)27-28(21)14-8-6-5-7-9-14)24(18)16-11-15(29(32)33)10-12(2)19(16)26-23(24)31/h5-11H,4,25H2,1-3H3,(H,26,31)/t24-/m0/s1. The highest BCUT2D eigenvalue weighted by atomic mass is 16.6. The fourth-order valence-corrected chi connectivity index (χ4v) is 4.86. The van der Waals surface area contributed by atoms with Gasteiger partial charge < -0.3 is 20.5 Å². The zero-order chi connectivity index (χ0) is 25.1. The van der Waals surface area contributed by atoms with E-state index in [1.165, 1.54) is 16.8 Å². The quantitative estimate of drug-likeness (QED) is 0.332. The van der Waals surface area contributed by atoms with Crippen molar-refractivity contribution in [1.29, 1.82) is 0 Å². The SMILES string of the molecule is CCOC(=O)C1=C(N)Oc2c(c(C)nn2-c2ccccc2)[C@]12C(=O)Nc1c(C)cc([N+](=O)[O-])cc12. The van der Waals surface area contributed by atoms with E-state index in [-0.39, 0.29) is 40.8 Å². The summed E-state index contributed by atoms with van der Waals surface area (Å²) in [5, 5.41) is 19.1. The average Bonchev–Trinajstić information content (AvgIpc) is 3.29. The topological polar surface area (TPSA) is 152 Å². The number of nitrogens with one attached hydrogen (secondary N) is 1. The third kappa shape index (κ3) is 2.94. The van der Waals surface area contributed by atoms with Gasteiger partial charge >= 0.3 is 5.97 Å². The first-order valence-corrected chi connectivity index (χ1v) is 10.8. The Morgan fingerprint density at radius 2 is 2.00 bits per heavy atom. The van der Waals surface area contributed by atoms with Gasteiger partial charge in [-0.1, -0.05) is 18.2 Å². The van der Waals surface area contributed by atoms with Crippen molar-refractivity contribution in [1.82, 2.24) is 9.78 Å². The van der Waals surface area contributed by atoms with Crippen molar-refractivity contribution in [3.8, 4) is 11.6 Å². The number of ether oxygens (including phenoxy) is 2. The highest BCUT2D eigenvalue weighted by molar-refractivity contribution is 6.18. The number of non-ortho nitro benzene ring substituents is 1. The largest absolute Gasteiger partial charge is 0.462 e. The first-order valence-electron chi connectivity index (χ1n) is 10.8. The summed E-state index contributed by atoms with van der Waals surface area (Å²) in [7, 11) is 0. The number of benzene rings is 2. The minimum atomic E-state index is -1.87. The van der Waals surface area contributed by atoms with Crippen LogP contribution < -0.4 is 15.8 Å². The lowest BCUT2D eigenvalue weighted by atomic mass is 9.68. The summed E-state index contributed by atoms with van der Waals surface area (Å²) in [6.45, 7) is 4.95. The number of aromatic nitrogens is 2. The smallest absolute Gasteiger partial charge is 0.341 e. The Hall–Kier alpha value is -4.67. The number of nitrogens with two attached hydrogens (primary N) is 1. The van der Waals surface area contributed by atoms with Gasteiger partial charge in [-0.3, -0.25) is 14.9 Å². The predicted molar refractivity (Wildman–Crippen MR) is 124 cm³/mol. The van der Waals surface area contributed by atoms with Crippen molar-refractivity contribution in [3.63, 3.8) is 0 Å². The average molecular weight is 475 g/mol. The maximum atomic E-state index is 13.9. The van der Waals surface area contributed by atoms with Crippen LogP contribution in [0.3, 0.4) is 0 Å². The van der Waals surface area contributed by atoms with Crippen LogP contribution in [0.15, 0.2) is 53.9 Å². The molecule has 0 radical (unpaired) electrons. The van der Waals surface area contributed by atoms with Crippen LogP contribution in [0.1, 0.15) is 29.3 Å². The van der Waals surface area contributed by atoms with Gasteiger partial charge in [-0.25, -0.2) is 9.48 Å². The first kappa shape index (κ1) is 22.1. The number of hydrogen-bond donors (Lipinski definition) is 2. The molecule has 35 heavy (non-hydrogen) atoms. The maximum Gasteiger partial charge on any atom is 0.341 e. The van der Waals surface area contributed by atoms with Gasteiger partial charge in [0.2, 0.25) is 17.7 Å². The van der Waals surface area contributed by atoms with Crippen molar-refractivity contribution in [2.45, 2.75) is 26.2 Å². The number of para-hydroxylation sites is 1. The van der Waals surface area contributed by atoms with E-state index in [0.717, 1.165) is 0 Å². The minimum Gasteiger partial charge on any atom is -0.462 e. The lowest BCUT2D eigenvalue weighted by Crippen LogP contribution is -2.46. The zero-order valence-electron chi connectivity index (χ0n) is 19.1. The second-order valence-electron chi connectivity index (χ2n) is 8.22. The number of fused-ring (bicyclic) bond motifs is 4. The fourth-order valence-electron chi connectivity index (χ4n) is 4.86. The number of nitrogens with zero attached hydrogens (tertiary/aromatic N) is 3. The van der Waals surface area contributed by atoms with E-state index in [4.69, 9.17) is 15.2 Å². The van der Waals surface area contributed by atoms with E-state index in [0.29, 0.717) is 22.6 Å². The number of nitro groups is 1. The third-order valence-corrected chi connectivity index (χ3v) is 6.22. The minimum absolute atomic E-state index is 0.0171. The van der Waals surface area contributed by atoms with Crippen LogP contribution in [0.4, 0.5) is 11.4 Å². The van der Waals surface area contributed by atoms with Crippen LogP contribution in [0, 0.1) is 24.0 Å². The van der Waals surface area contributed by atoms with E-state index in [1.807, 2.05) is 18.2 Å². The molecular formula is C24H21N5O6. The molecule has 1 atom stereocenters. The van der Waals surface area contributed by atoms with Crippen molar-refractivity contribution in [2.24, 2.45) is 5.73 Å². The van der Waals surface area contributed by atoms with E-state index < -0.39 is 22.2 Å². The normalized spacial score (nSPS) is 18.1. The summed E-state index contributed by atoms with van der Waals surface area (Å²) in [5.41, 5.74) is 6.23. The Kier molecular flexibility index (Phi) is 4.86. The van der Waals surface area contributed by atoms with Gasteiger partial charge in [-0.2, -0.15) is 5.10 Å². The first-order chi connectivity index (χ1) is 16.7. The van der Waals surface area contributed by atoms with Crippen LogP contribution >= 0.6 is 0 Å². The summed E-state index contributed by atoms with van der Waals surface area (Å²) in [5.74, 6) is -1.69. The monoisotopic (exact) mass is 475 g/mol. The number of rotatable bonds is 4. The Morgan fingerprint density at radius 3 is 2.66 bits per heavy atom. The van der Waals surface area contributed by atoms with Crippen LogP contribution in [-0.2, 0) is 19.7 Å². The second kappa shape index (κ2) is 7.69. The molecule has 0 saturated carbocycles. The molecule has 0 fully saturated rings. The lowest BCUT2D eigenvalue weighted by molar-refractivity contribution is -0.385. The summed E-state index contributed by atoms with van der Waals surface area (Å²) in [6, 6.07) is 11.7. The fraction of sp³-hybridized carbons (Fsp3) is 0.208. The van der Waals surface area contributed by atoms with Crippen molar-refractivity contribution in [3.05, 3.63) is 86.4 Å². The molecule has 2 aromatic carbocycles.